The minimum Gasteiger partial charge on any atom is -0.495 e. The molecule has 5 nitrogen and oxygen atoms in total. The summed E-state index contributed by atoms with van der Waals surface area (Å²) in [5, 5.41) is 7.29. The predicted molar refractivity (Wildman–Crippen MR) is 84.7 cm³/mol. The summed E-state index contributed by atoms with van der Waals surface area (Å²) in [6.45, 7) is 2.40. The van der Waals surface area contributed by atoms with Gasteiger partial charge in [-0.15, -0.1) is 0 Å². The number of carbonyl (C=O) groups excluding carboxylic acids is 1. The summed E-state index contributed by atoms with van der Waals surface area (Å²) in [5.41, 5.74) is 4.52. The van der Waals surface area contributed by atoms with Crippen LogP contribution in [0.3, 0.4) is 0 Å². The molecule has 1 aliphatic carbocycles. The molecule has 114 valence electrons. The van der Waals surface area contributed by atoms with E-state index in [1.165, 1.54) is 6.42 Å². The molecular formula is C16H23N3O2. The third-order valence-corrected chi connectivity index (χ3v) is 3.63. The molecule has 0 heterocycles. The number of carbonyl (C=O) groups is 1. The standard InChI is InChI=1S/C16H23N3O2/c1-12-6-5-7-13(10-12)18-19-16(20)11-17-14-8-3-4-9-15(14)21-2/h3-4,8-9,12,17H,5-7,10-11H2,1-2H3,(H,19,20)/b18-13-/t12-/m1/s1. The highest BCUT2D eigenvalue weighted by atomic mass is 16.5. The van der Waals surface area contributed by atoms with Crippen LogP contribution < -0.4 is 15.5 Å². The van der Waals surface area contributed by atoms with Gasteiger partial charge in [-0.3, -0.25) is 4.79 Å². The smallest absolute Gasteiger partial charge is 0.259 e. The van der Waals surface area contributed by atoms with E-state index >= 15 is 0 Å². The Labute approximate surface area is 125 Å². The number of para-hydroxylation sites is 2. The molecule has 0 radical (unpaired) electrons. The van der Waals surface area contributed by atoms with E-state index in [-0.39, 0.29) is 12.5 Å². The van der Waals surface area contributed by atoms with Crippen LogP contribution in [0.25, 0.3) is 0 Å². The Morgan fingerprint density at radius 2 is 2.24 bits per heavy atom. The number of rotatable bonds is 5. The number of methoxy groups -OCH3 is 1. The zero-order valence-corrected chi connectivity index (χ0v) is 12.7. The lowest BCUT2D eigenvalue weighted by molar-refractivity contribution is -0.119. The topological polar surface area (TPSA) is 62.7 Å². The second-order valence-corrected chi connectivity index (χ2v) is 5.47. The van der Waals surface area contributed by atoms with Crippen molar-refractivity contribution in [3.8, 4) is 5.75 Å². The molecule has 0 unspecified atom stereocenters. The molecule has 0 aromatic heterocycles. The number of benzene rings is 1. The van der Waals surface area contributed by atoms with Crippen LogP contribution in [0, 0.1) is 5.92 Å². The second kappa shape index (κ2) is 7.67. The van der Waals surface area contributed by atoms with Gasteiger partial charge in [-0.2, -0.15) is 5.10 Å². The van der Waals surface area contributed by atoms with Crippen LogP contribution in [0.4, 0.5) is 5.69 Å². The fourth-order valence-electron chi connectivity index (χ4n) is 2.51. The van der Waals surface area contributed by atoms with Crippen molar-refractivity contribution in [3.63, 3.8) is 0 Å². The van der Waals surface area contributed by atoms with Crippen LogP contribution in [-0.2, 0) is 4.79 Å². The zero-order valence-electron chi connectivity index (χ0n) is 12.7. The Bertz CT molecular complexity index is 514. The second-order valence-electron chi connectivity index (χ2n) is 5.47. The molecule has 1 aliphatic rings. The van der Waals surface area contributed by atoms with Crippen molar-refractivity contribution in [1.29, 1.82) is 0 Å². The van der Waals surface area contributed by atoms with E-state index in [0.29, 0.717) is 5.92 Å². The molecule has 2 N–H and O–H groups in total. The van der Waals surface area contributed by atoms with Gasteiger partial charge < -0.3 is 10.1 Å². The molecule has 2 rings (SSSR count). The molecule has 1 atom stereocenters. The van der Waals surface area contributed by atoms with Crippen molar-refractivity contribution in [1.82, 2.24) is 5.43 Å². The highest BCUT2D eigenvalue weighted by Gasteiger charge is 2.14. The van der Waals surface area contributed by atoms with Gasteiger partial charge in [0, 0.05) is 5.71 Å². The predicted octanol–water partition coefficient (Wildman–Crippen LogP) is 2.79. The summed E-state index contributed by atoms with van der Waals surface area (Å²) in [5.74, 6) is 1.24. The number of amides is 1. The van der Waals surface area contributed by atoms with Gasteiger partial charge >= 0.3 is 0 Å². The number of hydrogen-bond donors (Lipinski definition) is 2. The van der Waals surface area contributed by atoms with Crippen LogP contribution in [0.15, 0.2) is 29.4 Å². The monoisotopic (exact) mass is 289 g/mol. The van der Waals surface area contributed by atoms with Crippen LogP contribution in [-0.4, -0.2) is 25.3 Å². The summed E-state index contributed by atoms with van der Waals surface area (Å²) in [7, 11) is 1.61. The Morgan fingerprint density at radius 1 is 1.43 bits per heavy atom. The molecule has 1 amide bonds. The Hall–Kier alpha value is -2.04. The maximum atomic E-state index is 11.8. The van der Waals surface area contributed by atoms with Crippen molar-refractivity contribution in [2.45, 2.75) is 32.6 Å². The van der Waals surface area contributed by atoms with Crippen LogP contribution in [0.1, 0.15) is 32.6 Å². The lowest BCUT2D eigenvalue weighted by atomic mass is 9.89. The summed E-state index contributed by atoms with van der Waals surface area (Å²) in [6.07, 6.45) is 4.39. The summed E-state index contributed by atoms with van der Waals surface area (Å²) in [4.78, 5) is 11.8. The van der Waals surface area contributed by atoms with Crippen molar-refractivity contribution in [3.05, 3.63) is 24.3 Å². The molecule has 21 heavy (non-hydrogen) atoms. The number of ether oxygens (including phenoxy) is 1. The Balaban J connectivity index is 1.81. The minimum absolute atomic E-state index is 0.147. The third kappa shape index (κ3) is 4.77. The lowest BCUT2D eigenvalue weighted by Crippen LogP contribution is -2.28. The van der Waals surface area contributed by atoms with Gasteiger partial charge in [0.25, 0.3) is 5.91 Å². The van der Waals surface area contributed by atoms with Crippen LogP contribution >= 0.6 is 0 Å². The summed E-state index contributed by atoms with van der Waals surface area (Å²) < 4.78 is 5.22. The zero-order chi connectivity index (χ0) is 15.1. The first-order valence-electron chi connectivity index (χ1n) is 7.40. The largest absolute Gasteiger partial charge is 0.495 e. The van der Waals surface area contributed by atoms with Crippen molar-refractivity contribution < 1.29 is 9.53 Å². The number of hydrogen-bond acceptors (Lipinski definition) is 4. The Kier molecular flexibility index (Phi) is 5.60. The van der Waals surface area contributed by atoms with Crippen LogP contribution in [0.2, 0.25) is 0 Å². The van der Waals surface area contributed by atoms with Crippen molar-refractivity contribution >= 4 is 17.3 Å². The van der Waals surface area contributed by atoms with Gasteiger partial charge in [0.2, 0.25) is 0 Å². The third-order valence-electron chi connectivity index (χ3n) is 3.63. The molecule has 1 fully saturated rings. The summed E-state index contributed by atoms with van der Waals surface area (Å²) >= 11 is 0. The number of nitrogens with zero attached hydrogens (tertiary/aromatic N) is 1. The van der Waals surface area contributed by atoms with Gasteiger partial charge in [0.1, 0.15) is 5.75 Å². The Morgan fingerprint density at radius 3 is 3.00 bits per heavy atom. The van der Waals surface area contributed by atoms with E-state index in [2.05, 4.69) is 22.8 Å². The van der Waals surface area contributed by atoms with Gasteiger partial charge in [-0.25, -0.2) is 5.43 Å². The van der Waals surface area contributed by atoms with Gasteiger partial charge in [-0.05, 0) is 43.7 Å². The van der Waals surface area contributed by atoms with E-state index in [1.807, 2.05) is 24.3 Å². The SMILES string of the molecule is COc1ccccc1NCC(=O)N/N=C1/CCC[C@@H](C)C1. The first-order valence-corrected chi connectivity index (χ1v) is 7.40. The normalized spacial score (nSPS) is 20.1. The molecule has 1 saturated carbocycles. The van der Waals surface area contributed by atoms with Gasteiger partial charge in [0.15, 0.2) is 0 Å². The quantitative estimate of drug-likeness (QED) is 0.819. The maximum absolute atomic E-state index is 11.8. The molecule has 0 aliphatic heterocycles. The average Bonchev–Trinajstić information content (AvgIpc) is 2.51. The molecule has 5 heteroatoms. The van der Waals surface area contributed by atoms with E-state index in [0.717, 1.165) is 36.4 Å². The van der Waals surface area contributed by atoms with E-state index in [4.69, 9.17) is 4.74 Å². The first-order chi connectivity index (χ1) is 10.2. The van der Waals surface area contributed by atoms with E-state index in [9.17, 15) is 4.79 Å². The van der Waals surface area contributed by atoms with Crippen LogP contribution in [0.5, 0.6) is 5.75 Å². The lowest BCUT2D eigenvalue weighted by Gasteiger charge is -2.19. The van der Waals surface area contributed by atoms with Gasteiger partial charge in [0.05, 0.1) is 19.3 Å². The molecule has 0 saturated heterocycles. The highest BCUT2D eigenvalue weighted by molar-refractivity contribution is 5.88. The molecule has 1 aromatic rings. The average molecular weight is 289 g/mol. The molecule has 0 bridgehead atoms. The highest BCUT2D eigenvalue weighted by Crippen LogP contribution is 2.22. The van der Waals surface area contributed by atoms with E-state index in [1.54, 1.807) is 7.11 Å². The molecule has 0 spiro atoms. The fraction of sp³-hybridized carbons (Fsp3) is 0.500. The minimum atomic E-state index is -0.147. The molecule has 1 aromatic carbocycles. The maximum Gasteiger partial charge on any atom is 0.259 e. The van der Waals surface area contributed by atoms with Crippen molar-refractivity contribution in [2.24, 2.45) is 11.0 Å². The summed E-state index contributed by atoms with van der Waals surface area (Å²) in [6, 6.07) is 7.51. The van der Waals surface area contributed by atoms with E-state index < -0.39 is 0 Å². The molecular weight excluding hydrogens is 266 g/mol. The number of nitrogens with one attached hydrogen (secondary N) is 2. The van der Waals surface area contributed by atoms with Gasteiger partial charge in [-0.1, -0.05) is 19.1 Å². The first kappa shape index (κ1) is 15.4. The number of hydrazone groups is 1. The fourth-order valence-corrected chi connectivity index (χ4v) is 2.51. The van der Waals surface area contributed by atoms with Crippen molar-refractivity contribution in [2.75, 3.05) is 19.0 Å². The number of anilines is 1.